The number of carbonyl (C=O) groups is 1. The molecule has 0 N–H and O–H groups in total. The third-order valence-electron chi connectivity index (χ3n) is 1.92. The molecule has 0 aromatic heterocycles. The molecule has 0 fully saturated rings. The molecule has 2 atom stereocenters. The summed E-state index contributed by atoms with van der Waals surface area (Å²) in [6.07, 6.45) is 0. The fraction of sp³-hybridized carbons (Fsp3) is 0.875. The zero-order chi connectivity index (χ0) is 10.6. The molecule has 2 unspecified atom stereocenters. The van der Waals surface area contributed by atoms with Crippen LogP contribution in [-0.2, 0) is 9.53 Å². The summed E-state index contributed by atoms with van der Waals surface area (Å²) in [6.45, 7) is 4.58. The van der Waals surface area contributed by atoms with E-state index in [-0.39, 0.29) is 6.61 Å². The van der Waals surface area contributed by atoms with Crippen LogP contribution < -0.4 is 0 Å². The molecule has 78 valence electrons. The molecule has 0 aliphatic carbocycles. The summed E-state index contributed by atoms with van der Waals surface area (Å²) in [5.41, 5.74) is 0. The van der Waals surface area contributed by atoms with E-state index in [2.05, 4.69) is 20.7 Å². The van der Waals surface area contributed by atoms with Gasteiger partial charge < -0.3 is 4.74 Å². The molecule has 0 aromatic carbocycles. The Hall–Kier alpha value is -0.190. The van der Waals surface area contributed by atoms with E-state index in [0.717, 1.165) is 0 Å². The zero-order valence-corrected chi connectivity index (χ0v) is 9.40. The molecule has 0 heterocycles. The highest BCUT2D eigenvalue weighted by Gasteiger charge is 2.39. The van der Waals surface area contributed by atoms with Gasteiger partial charge in [0.1, 0.15) is 0 Å². The molecule has 0 rings (SSSR count). The van der Waals surface area contributed by atoms with Gasteiger partial charge in [0.15, 0.2) is 0 Å². The number of rotatable bonds is 4. The number of hydrogen-bond donors (Lipinski definition) is 0. The molecule has 0 amide bonds. The molecule has 0 saturated heterocycles. The lowest BCUT2D eigenvalue weighted by Crippen LogP contribution is -2.30. The van der Waals surface area contributed by atoms with Gasteiger partial charge in [-0.25, -0.2) is 0 Å². The Kier molecular flexibility index (Phi) is 4.81. The van der Waals surface area contributed by atoms with Gasteiger partial charge in [-0.2, -0.15) is 8.78 Å². The molecular weight excluding hydrogens is 246 g/mol. The van der Waals surface area contributed by atoms with Gasteiger partial charge in [0.25, 0.3) is 0 Å². The maximum absolute atomic E-state index is 12.7. The first kappa shape index (κ1) is 12.8. The van der Waals surface area contributed by atoms with Crippen LogP contribution in [0.15, 0.2) is 0 Å². The number of alkyl halides is 3. The predicted octanol–water partition coefficient (Wildman–Crippen LogP) is 2.81. The summed E-state index contributed by atoms with van der Waals surface area (Å²) < 4.78 is 30.0. The summed E-state index contributed by atoms with van der Waals surface area (Å²) in [5, 5.41) is 0. The highest BCUT2D eigenvalue weighted by atomic mass is 79.9. The topological polar surface area (TPSA) is 26.3 Å². The Labute approximate surface area is 84.8 Å². The quantitative estimate of drug-likeness (QED) is 0.573. The SMILES string of the molecule is CCOC(=O)C(C)C(C)C(F)(F)Br. The Morgan fingerprint density at radius 1 is 1.54 bits per heavy atom. The fourth-order valence-corrected chi connectivity index (χ4v) is 1.16. The van der Waals surface area contributed by atoms with E-state index < -0.39 is 22.6 Å². The van der Waals surface area contributed by atoms with Crippen molar-refractivity contribution >= 4 is 21.9 Å². The minimum atomic E-state index is -3.03. The van der Waals surface area contributed by atoms with E-state index >= 15 is 0 Å². The lowest BCUT2D eigenvalue weighted by molar-refractivity contribution is -0.151. The van der Waals surface area contributed by atoms with Crippen LogP contribution in [0.2, 0.25) is 0 Å². The molecule has 13 heavy (non-hydrogen) atoms. The second kappa shape index (κ2) is 4.88. The van der Waals surface area contributed by atoms with Crippen molar-refractivity contribution in [3.63, 3.8) is 0 Å². The van der Waals surface area contributed by atoms with E-state index in [1.54, 1.807) is 6.92 Å². The Morgan fingerprint density at radius 2 is 2.00 bits per heavy atom. The summed E-state index contributed by atoms with van der Waals surface area (Å²) in [6, 6.07) is 0. The summed E-state index contributed by atoms with van der Waals surface area (Å²) in [4.78, 5) is 8.03. The third kappa shape index (κ3) is 4.02. The van der Waals surface area contributed by atoms with Crippen molar-refractivity contribution in [1.82, 2.24) is 0 Å². The van der Waals surface area contributed by atoms with Crippen molar-refractivity contribution in [2.45, 2.75) is 25.6 Å². The van der Waals surface area contributed by atoms with Gasteiger partial charge in [-0.05, 0) is 22.9 Å². The molecule has 0 aliphatic rings. The van der Waals surface area contributed by atoms with E-state index in [0.29, 0.717) is 0 Å². The lowest BCUT2D eigenvalue weighted by atomic mass is 9.97. The Morgan fingerprint density at radius 3 is 2.31 bits per heavy atom. The average molecular weight is 259 g/mol. The molecule has 0 aliphatic heterocycles. The highest BCUT2D eigenvalue weighted by Crippen LogP contribution is 2.36. The summed E-state index contributed by atoms with van der Waals surface area (Å²) in [7, 11) is 0. The molecule has 0 spiro atoms. The maximum atomic E-state index is 12.7. The van der Waals surface area contributed by atoms with Crippen LogP contribution >= 0.6 is 15.9 Å². The number of hydrogen-bond acceptors (Lipinski definition) is 2. The molecule has 0 aromatic rings. The zero-order valence-electron chi connectivity index (χ0n) is 7.81. The van der Waals surface area contributed by atoms with Crippen molar-refractivity contribution in [2.75, 3.05) is 6.61 Å². The minimum absolute atomic E-state index is 0.212. The van der Waals surface area contributed by atoms with Crippen LogP contribution in [-0.4, -0.2) is 17.4 Å². The first-order chi connectivity index (χ1) is 5.80. The van der Waals surface area contributed by atoms with Crippen molar-refractivity contribution in [3.8, 4) is 0 Å². The largest absolute Gasteiger partial charge is 0.466 e. The second-order valence-electron chi connectivity index (χ2n) is 2.87. The van der Waals surface area contributed by atoms with Crippen LogP contribution in [0.1, 0.15) is 20.8 Å². The van der Waals surface area contributed by atoms with Gasteiger partial charge in [0, 0.05) is 5.92 Å². The van der Waals surface area contributed by atoms with Crippen molar-refractivity contribution in [2.24, 2.45) is 11.8 Å². The van der Waals surface area contributed by atoms with Gasteiger partial charge in [0.05, 0.1) is 12.5 Å². The average Bonchev–Trinajstić information content (AvgIpc) is 2.00. The van der Waals surface area contributed by atoms with E-state index in [1.165, 1.54) is 13.8 Å². The second-order valence-corrected chi connectivity index (χ2v) is 3.93. The molecule has 2 nitrogen and oxygen atoms in total. The molecule has 0 bridgehead atoms. The molecule has 0 saturated carbocycles. The molecular formula is C8H13BrF2O2. The van der Waals surface area contributed by atoms with Crippen LogP contribution in [0.5, 0.6) is 0 Å². The summed E-state index contributed by atoms with van der Waals surface area (Å²) in [5.74, 6) is -2.48. The Balaban J connectivity index is 4.25. The first-order valence-electron chi connectivity index (χ1n) is 4.04. The molecule has 0 radical (unpaired) electrons. The lowest BCUT2D eigenvalue weighted by Gasteiger charge is -2.22. The Bertz CT molecular complexity index is 179. The van der Waals surface area contributed by atoms with Gasteiger partial charge in [-0.3, -0.25) is 4.79 Å². The smallest absolute Gasteiger partial charge is 0.309 e. The van der Waals surface area contributed by atoms with E-state index in [9.17, 15) is 13.6 Å². The normalized spacial score (nSPS) is 16.5. The van der Waals surface area contributed by atoms with Crippen molar-refractivity contribution in [1.29, 1.82) is 0 Å². The van der Waals surface area contributed by atoms with Crippen LogP contribution in [0.4, 0.5) is 8.78 Å². The van der Waals surface area contributed by atoms with Gasteiger partial charge >= 0.3 is 10.8 Å². The van der Waals surface area contributed by atoms with Gasteiger partial charge in [0.2, 0.25) is 0 Å². The van der Waals surface area contributed by atoms with Crippen LogP contribution in [0.3, 0.4) is 0 Å². The number of carbonyl (C=O) groups excluding carboxylic acids is 1. The van der Waals surface area contributed by atoms with E-state index in [4.69, 9.17) is 0 Å². The number of halogens is 3. The fourth-order valence-electron chi connectivity index (χ4n) is 0.761. The van der Waals surface area contributed by atoms with Crippen molar-refractivity contribution in [3.05, 3.63) is 0 Å². The number of esters is 1. The number of ether oxygens (including phenoxy) is 1. The third-order valence-corrected chi connectivity index (χ3v) is 2.65. The minimum Gasteiger partial charge on any atom is -0.466 e. The highest BCUT2D eigenvalue weighted by molar-refractivity contribution is 9.10. The van der Waals surface area contributed by atoms with Gasteiger partial charge in [-0.1, -0.05) is 13.8 Å². The maximum Gasteiger partial charge on any atom is 0.309 e. The van der Waals surface area contributed by atoms with Crippen LogP contribution in [0.25, 0.3) is 0 Å². The molecule has 5 heteroatoms. The monoisotopic (exact) mass is 258 g/mol. The first-order valence-corrected chi connectivity index (χ1v) is 4.83. The standard InChI is InChI=1S/C8H13BrF2O2/c1-4-13-7(12)5(2)6(3)8(9,10)11/h5-6H,4H2,1-3H3. The van der Waals surface area contributed by atoms with Crippen LogP contribution in [0, 0.1) is 11.8 Å². The van der Waals surface area contributed by atoms with E-state index in [1.807, 2.05) is 0 Å². The van der Waals surface area contributed by atoms with Gasteiger partial charge in [-0.15, -0.1) is 0 Å². The van der Waals surface area contributed by atoms with Crippen molar-refractivity contribution < 1.29 is 18.3 Å². The predicted molar refractivity (Wildman–Crippen MR) is 48.8 cm³/mol. The summed E-state index contributed by atoms with van der Waals surface area (Å²) >= 11 is 2.22.